The van der Waals surface area contributed by atoms with Crippen molar-refractivity contribution in [2.45, 2.75) is 33.2 Å². The molecular weight excluding hydrogens is 242 g/mol. The van der Waals surface area contributed by atoms with Crippen molar-refractivity contribution in [1.82, 2.24) is 5.32 Å². The Hall–Kier alpha value is -1.55. The van der Waals surface area contributed by atoms with E-state index in [1.54, 1.807) is 0 Å². The highest BCUT2D eigenvalue weighted by molar-refractivity contribution is 5.75. The van der Waals surface area contributed by atoms with Gasteiger partial charge in [-0.1, -0.05) is 19.1 Å². The number of benzene rings is 1. The normalized spacial score (nSPS) is 12.0. The summed E-state index contributed by atoms with van der Waals surface area (Å²) >= 11 is 0. The topological polar surface area (TPSA) is 47.6 Å². The first kappa shape index (κ1) is 15.5. The predicted molar refractivity (Wildman–Crippen MR) is 75.5 cm³/mol. The molecule has 106 valence electrons. The monoisotopic (exact) mass is 265 g/mol. The molecular formula is C15H23NO3. The fourth-order valence-corrected chi connectivity index (χ4v) is 1.84. The van der Waals surface area contributed by atoms with Crippen LogP contribution in [0.15, 0.2) is 18.2 Å². The van der Waals surface area contributed by atoms with E-state index in [-0.39, 0.29) is 12.0 Å². The highest BCUT2D eigenvalue weighted by atomic mass is 16.5. The fourth-order valence-electron chi connectivity index (χ4n) is 1.84. The SMILES string of the molecule is CCNC(CCOc1cc(C)ccc1C)C(=O)OC. The number of methoxy groups -OCH3 is 1. The van der Waals surface area contributed by atoms with Crippen LogP contribution in [0.25, 0.3) is 0 Å². The lowest BCUT2D eigenvalue weighted by molar-refractivity contribution is -0.143. The molecule has 0 saturated carbocycles. The van der Waals surface area contributed by atoms with E-state index in [0.29, 0.717) is 13.0 Å². The number of carbonyl (C=O) groups excluding carboxylic acids is 1. The van der Waals surface area contributed by atoms with Gasteiger partial charge in [0.2, 0.25) is 0 Å². The average Bonchev–Trinajstić information content (AvgIpc) is 2.40. The zero-order chi connectivity index (χ0) is 14.3. The molecule has 1 aromatic carbocycles. The Labute approximate surface area is 115 Å². The van der Waals surface area contributed by atoms with Gasteiger partial charge >= 0.3 is 5.97 Å². The van der Waals surface area contributed by atoms with Crippen LogP contribution in [0.4, 0.5) is 0 Å². The molecule has 0 aromatic heterocycles. The van der Waals surface area contributed by atoms with Crippen LogP contribution >= 0.6 is 0 Å². The lowest BCUT2D eigenvalue weighted by Gasteiger charge is -2.16. The summed E-state index contributed by atoms with van der Waals surface area (Å²) in [5, 5.41) is 3.09. The Morgan fingerprint density at radius 2 is 2.11 bits per heavy atom. The van der Waals surface area contributed by atoms with Crippen molar-refractivity contribution >= 4 is 5.97 Å². The first-order valence-electron chi connectivity index (χ1n) is 6.59. The minimum atomic E-state index is -0.305. The van der Waals surface area contributed by atoms with Crippen LogP contribution in [-0.2, 0) is 9.53 Å². The molecule has 0 bridgehead atoms. The van der Waals surface area contributed by atoms with Crippen molar-refractivity contribution in [3.05, 3.63) is 29.3 Å². The van der Waals surface area contributed by atoms with E-state index in [1.165, 1.54) is 7.11 Å². The fraction of sp³-hybridized carbons (Fsp3) is 0.533. The van der Waals surface area contributed by atoms with Crippen LogP contribution in [0, 0.1) is 13.8 Å². The summed E-state index contributed by atoms with van der Waals surface area (Å²) in [5.74, 6) is 0.631. The van der Waals surface area contributed by atoms with E-state index >= 15 is 0 Å². The smallest absolute Gasteiger partial charge is 0.322 e. The van der Waals surface area contributed by atoms with Gasteiger partial charge in [-0.2, -0.15) is 0 Å². The van der Waals surface area contributed by atoms with Crippen LogP contribution in [0.2, 0.25) is 0 Å². The second-order valence-electron chi connectivity index (χ2n) is 4.54. The molecule has 0 saturated heterocycles. The zero-order valence-corrected chi connectivity index (χ0v) is 12.2. The first-order valence-corrected chi connectivity index (χ1v) is 6.59. The number of nitrogens with one attached hydrogen (secondary N) is 1. The molecule has 0 amide bonds. The van der Waals surface area contributed by atoms with Crippen molar-refractivity contribution < 1.29 is 14.3 Å². The number of esters is 1. The second kappa shape index (κ2) is 7.79. The standard InChI is InChI=1S/C15H23NO3/c1-5-16-13(15(17)18-4)8-9-19-14-10-11(2)6-7-12(14)3/h6-7,10,13,16H,5,8-9H2,1-4H3. The number of hydrogen-bond acceptors (Lipinski definition) is 4. The summed E-state index contributed by atoms with van der Waals surface area (Å²) < 4.78 is 10.5. The molecule has 0 radical (unpaired) electrons. The summed E-state index contributed by atoms with van der Waals surface area (Å²) in [5.41, 5.74) is 2.26. The van der Waals surface area contributed by atoms with Gasteiger partial charge in [-0.05, 0) is 37.6 Å². The van der Waals surface area contributed by atoms with Crippen LogP contribution < -0.4 is 10.1 Å². The quantitative estimate of drug-likeness (QED) is 0.768. The van der Waals surface area contributed by atoms with Gasteiger partial charge < -0.3 is 14.8 Å². The lowest BCUT2D eigenvalue weighted by atomic mass is 10.1. The molecule has 0 aliphatic heterocycles. The maximum absolute atomic E-state index is 11.5. The molecule has 0 aliphatic carbocycles. The van der Waals surface area contributed by atoms with Gasteiger partial charge in [0.1, 0.15) is 11.8 Å². The number of likely N-dealkylation sites (N-methyl/N-ethyl adjacent to an activating group) is 1. The Balaban J connectivity index is 2.51. The first-order chi connectivity index (χ1) is 9.08. The third kappa shape index (κ3) is 4.91. The summed E-state index contributed by atoms with van der Waals surface area (Å²) in [6.07, 6.45) is 0.591. The predicted octanol–water partition coefficient (Wildman–Crippen LogP) is 2.22. The van der Waals surface area contributed by atoms with Crippen molar-refractivity contribution in [2.75, 3.05) is 20.3 Å². The summed E-state index contributed by atoms with van der Waals surface area (Å²) in [4.78, 5) is 11.5. The summed E-state index contributed by atoms with van der Waals surface area (Å²) in [6, 6.07) is 5.79. The van der Waals surface area contributed by atoms with Crippen molar-refractivity contribution in [2.24, 2.45) is 0 Å². The molecule has 0 fully saturated rings. The summed E-state index contributed by atoms with van der Waals surface area (Å²) in [7, 11) is 1.40. The molecule has 1 atom stereocenters. The lowest BCUT2D eigenvalue weighted by Crippen LogP contribution is -2.38. The number of aryl methyl sites for hydroxylation is 2. The van der Waals surface area contributed by atoms with Gasteiger partial charge in [0, 0.05) is 6.42 Å². The third-order valence-electron chi connectivity index (χ3n) is 2.94. The van der Waals surface area contributed by atoms with E-state index in [9.17, 15) is 4.79 Å². The molecule has 0 heterocycles. The minimum absolute atomic E-state index is 0.244. The summed E-state index contributed by atoms with van der Waals surface area (Å²) in [6.45, 7) is 7.21. The van der Waals surface area contributed by atoms with E-state index in [2.05, 4.69) is 11.4 Å². The van der Waals surface area contributed by atoms with Gasteiger partial charge in [0.05, 0.1) is 13.7 Å². The van der Waals surface area contributed by atoms with Gasteiger partial charge in [0.25, 0.3) is 0 Å². The molecule has 1 unspecified atom stereocenters. The molecule has 0 aliphatic rings. The van der Waals surface area contributed by atoms with Crippen molar-refractivity contribution in [3.8, 4) is 5.75 Å². The Morgan fingerprint density at radius 3 is 2.74 bits per heavy atom. The van der Waals surface area contributed by atoms with Crippen LogP contribution in [0.3, 0.4) is 0 Å². The number of hydrogen-bond donors (Lipinski definition) is 1. The van der Waals surface area contributed by atoms with E-state index in [0.717, 1.165) is 23.4 Å². The van der Waals surface area contributed by atoms with E-state index in [1.807, 2.05) is 32.9 Å². The molecule has 19 heavy (non-hydrogen) atoms. The average molecular weight is 265 g/mol. The van der Waals surface area contributed by atoms with Crippen molar-refractivity contribution in [3.63, 3.8) is 0 Å². The van der Waals surface area contributed by atoms with Gasteiger partial charge in [0.15, 0.2) is 0 Å². The Bertz CT molecular complexity index is 418. The molecule has 4 heteroatoms. The molecule has 0 spiro atoms. The van der Waals surface area contributed by atoms with Crippen molar-refractivity contribution in [1.29, 1.82) is 0 Å². The molecule has 4 nitrogen and oxygen atoms in total. The maximum Gasteiger partial charge on any atom is 0.322 e. The van der Waals surface area contributed by atoms with Crippen LogP contribution in [0.5, 0.6) is 5.75 Å². The minimum Gasteiger partial charge on any atom is -0.493 e. The van der Waals surface area contributed by atoms with Gasteiger partial charge in [-0.25, -0.2) is 0 Å². The van der Waals surface area contributed by atoms with Crippen LogP contribution in [0.1, 0.15) is 24.5 Å². The van der Waals surface area contributed by atoms with E-state index in [4.69, 9.17) is 9.47 Å². The Morgan fingerprint density at radius 1 is 1.37 bits per heavy atom. The van der Waals surface area contributed by atoms with E-state index < -0.39 is 0 Å². The highest BCUT2D eigenvalue weighted by Gasteiger charge is 2.17. The molecule has 1 rings (SSSR count). The molecule has 1 aromatic rings. The highest BCUT2D eigenvalue weighted by Crippen LogP contribution is 2.19. The van der Waals surface area contributed by atoms with Gasteiger partial charge in [-0.15, -0.1) is 0 Å². The Kier molecular flexibility index (Phi) is 6.36. The van der Waals surface area contributed by atoms with Crippen LogP contribution in [-0.4, -0.2) is 32.3 Å². The maximum atomic E-state index is 11.5. The number of rotatable bonds is 7. The largest absolute Gasteiger partial charge is 0.493 e. The number of carbonyl (C=O) groups is 1. The zero-order valence-electron chi connectivity index (χ0n) is 12.2. The number of ether oxygens (including phenoxy) is 2. The molecule has 1 N–H and O–H groups in total. The third-order valence-corrected chi connectivity index (χ3v) is 2.94. The second-order valence-corrected chi connectivity index (χ2v) is 4.54. The van der Waals surface area contributed by atoms with Gasteiger partial charge in [-0.3, -0.25) is 4.79 Å².